The van der Waals surface area contributed by atoms with Crippen molar-refractivity contribution in [1.29, 1.82) is 0 Å². The van der Waals surface area contributed by atoms with Crippen molar-refractivity contribution in [2.24, 2.45) is 0 Å². The van der Waals surface area contributed by atoms with Crippen molar-refractivity contribution >= 4 is 29.7 Å². The van der Waals surface area contributed by atoms with Gasteiger partial charge in [0.25, 0.3) is 0 Å². The number of hydrogen-bond donors (Lipinski definition) is 1. The predicted octanol–water partition coefficient (Wildman–Crippen LogP) is 3.94. The summed E-state index contributed by atoms with van der Waals surface area (Å²) < 4.78 is 5.77. The molecule has 1 saturated heterocycles. The van der Waals surface area contributed by atoms with Gasteiger partial charge < -0.3 is 14.7 Å². The third kappa shape index (κ3) is 6.58. The summed E-state index contributed by atoms with van der Waals surface area (Å²) in [5.74, 6) is 0.826. The monoisotopic (exact) mass is 410 g/mol. The highest BCUT2D eigenvalue weighted by Gasteiger charge is 2.20. The molecule has 2 aromatic rings. The van der Waals surface area contributed by atoms with Crippen LogP contribution < -0.4 is 9.64 Å². The standard InChI is InChI=1S/C21H27ClN2O2.ClH/c1-16-10-17(2)12-21(11-16)26-15-20(25)14-23-6-8-24(9-7-23)19-5-3-4-18(22)13-19;/h3-5,10-13,20,25H,6-9,14-15H2,1-2H3;1H. The molecule has 0 saturated carbocycles. The summed E-state index contributed by atoms with van der Waals surface area (Å²) in [5.41, 5.74) is 3.51. The maximum absolute atomic E-state index is 10.3. The molecule has 0 bridgehead atoms. The van der Waals surface area contributed by atoms with Gasteiger partial charge in [0.2, 0.25) is 0 Å². The summed E-state index contributed by atoms with van der Waals surface area (Å²) in [7, 11) is 0. The molecule has 0 amide bonds. The van der Waals surface area contributed by atoms with Crippen molar-refractivity contribution in [2.45, 2.75) is 20.0 Å². The van der Waals surface area contributed by atoms with Crippen molar-refractivity contribution < 1.29 is 9.84 Å². The lowest BCUT2D eigenvalue weighted by atomic mass is 10.1. The van der Waals surface area contributed by atoms with Crippen molar-refractivity contribution in [2.75, 3.05) is 44.2 Å². The fraction of sp³-hybridized carbons (Fsp3) is 0.429. The Morgan fingerprint density at radius 1 is 1.04 bits per heavy atom. The Balaban J connectivity index is 0.00000261. The molecular formula is C21H28Cl2N2O2. The Morgan fingerprint density at radius 3 is 2.33 bits per heavy atom. The molecule has 0 aromatic heterocycles. The van der Waals surface area contributed by atoms with Crippen LogP contribution in [0.3, 0.4) is 0 Å². The third-order valence-corrected chi connectivity index (χ3v) is 4.89. The second-order valence-electron chi connectivity index (χ2n) is 7.06. The molecule has 0 aliphatic carbocycles. The van der Waals surface area contributed by atoms with Crippen molar-refractivity contribution in [3.63, 3.8) is 0 Å². The molecule has 148 valence electrons. The molecule has 1 atom stereocenters. The maximum atomic E-state index is 10.3. The molecule has 2 aromatic carbocycles. The van der Waals surface area contributed by atoms with Crippen LogP contribution in [0.1, 0.15) is 11.1 Å². The molecule has 1 aliphatic rings. The van der Waals surface area contributed by atoms with Gasteiger partial charge in [0, 0.05) is 43.4 Å². The molecule has 3 rings (SSSR count). The van der Waals surface area contributed by atoms with E-state index in [1.807, 2.05) is 30.3 Å². The van der Waals surface area contributed by atoms with Gasteiger partial charge in [-0.1, -0.05) is 23.7 Å². The van der Waals surface area contributed by atoms with E-state index in [0.717, 1.165) is 42.6 Å². The zero-order valence-corrected chi connectivity index (χ0v) is 17.5. The van der Waals surface area contributed by atoms with E-state index >= 15 is 0 Å². The molecule has 0 radical (unpaired) electrons. The number of piperazine rings is 1. The van der Waals surface area contributed by atoms with E-state index in [2.05, 4.69) is 35.8 Å². The molecule has 1 unspecified atom stereocenters. The van der Waals surface area contributed by atoms with Crippen LogP contribution in [-0.4, -0.2) is 55.4 Å². The first-order valence-electron chi connectivity index (χ1n) is 9.11. The third-order valence-electron chi connectivity index (χ3n) is 4.65. The largest absolute Gasteiger partial charge is 0.491 e. The van der Waals surface area contributed by atoms with Crippen LogP contribution in [0.15, 0.2) is 42.5 Å². The minimum atomic E-state index is -0.492. The van der Waals surface area contributed by atoms with E-state index in [-0.39, 0.29) is 12.4 Å². The topological polar surface area (TPSA) is 35.9 Å². The Morgan fingerprint density at radius 2 is 1.70 bits per heavy atom. The number of rotatable bonds is 6. The van der Waals surface area contributed by atoms with Gasteiger partial charge in [0.15, 0.2) is 0 Å². The zero-order valence-electron chi connectivity index (χ0n) is 15.9. The molecule has 0 spiro atoms. The number of nitrogens with zero attached hydrogens (tertiary/aromatic N) is 2. The molecule has 1 heterocycles. The average molecular weight is 411 g/mol. The van der Waals surface area contributed by atoms with Crippen LogP contribution in [0.4, 0.5) is 5.69 Å². The number of ether oxygens (including phenoxy) is 1. The van der Waals surface area contributed by atoms with E-state index in [9.17, 15) is 5.11 Å². The molecule has 1 aliphatic heterocycles. The van der Waals surface area contributed by atoms with Gasteiger partial charge in [-0.2, -0.15) is 0 Å². The average Bonchev–Trinajstić information content (AvgIpc) is 2.60. The van der Waals surface area contributed by atoms with E-state index in [1.165, 1.54) is 11.1 Å². The predicted molar refractivity (Wildman–Crippen MR) is 115 cm³/mol. The van der Waals surface area contributed by atoms with E-state index < -0.39 is 6.10 Å². The first kappa shape index (κ1) is 21.8. The van der Waals surface area contributed by atoms with Crippen LogP contribution in [0, 0.1) is 13.8 Å². The molecular weight excluding hydrogens is 383 g/mol. The van der Waals surface area contributed by atoms with Gasteiger partial charge in [-0.25, -0.2) is 0 Å². The van der Waals surface area contributed by atoms with Crippen LogP contribution in [0.2, 0.25) is 5.02 Å². The number of anilines is 1. The smallest absolute Gasteiger partial charge is 0.119 e. The lowest BCUT2D eigenvalue weighted by Gasteiger charge is -2.36. The fourth-order valence-electron chi connectivity index (χ4n) is 3.42. The SMILES string of the molecule is Cc1cc(C)cc(OCC(O)CN2CCN(c3cccc(Cl)c3)CC2)c1.Cl. The van der Waals surface area contributed by atoms with Crippen LogP contribution in [-0.2, 0) is 0 Å². The normalized spacial score (nSPS) is 15.9. The highest BCUT2D eigenvalue weighted by Crippen LogP contribution is 2.21. The zero-order chi connectivity index (χ0) is 18.5. The molecule has 4 nitrogen and oxygen atoms in total. The number of aryl methyl sites for hydroxylation is 2. The second-order valence-corrected chi connectivity index (χ2v) is 7.49. The highest BCUT2D eigenvalue weighted by atomic mass is 35.5. The molecule has 6 heteroatoms. The van der Waals surface area contributed by atoms with Gasteiger partial charge in [-0.3, -0.25) is 4.90 Å². The van der Waals surface area contributed by atoms with E-state index in [4.69, 9.17) is 16.3 Å². The summed E-state index contributed by atoms with van der Waals surface area (Å²) in [5, 5.41) is 11.1. The summed E-state index contributed by atoms with van der Waals surface area (Å²) in [6.07, 6.45) is -0.492. The first-order chi connectivity index (χ1) is 12.5. The minimum Gasteiger partial charge on any atom is -0.491 e. The Kier molecular flexibility index (Phi) is 8.24. The first-order valence-corrected chi connectivity index (χ1v) is 9.49. The second kappa shape index (κ2) is 10.2. The summed E-state index contributed by atoms with van der Waals surface area (Å²) in [6, 6.07) is 14.1. The Hall–Kier alpha value is -1.46. The highest BCUT2D eigenvalue weighted by molar-refractivity contribution is 6.30. The number of benzene rings is 2. The lowest BCUT2D eigenvalue weighted by Crippen LogP contribution is -2.49. The van der Waals surface area contributed by atoms with Crippen molar-refractivity contribution in [3.8, 4) is 5.75 Å². The molecule has 27 heavy (non-hydrogen) atoms. The number of β-amino-alcohol motifs (C(OH)–C–C–N with tert-alkyl or cyclic N) is 1. The lowest BCUT2D eigenvalue weighted by molar-refractivity contribution is 0.0663. The van der Waals surface area contributed by atoms with Crippen LogP contribution >= 0.6 is 24.0 Å². The van der Waals surface area contributed by atoms with Gasteiger partial charge in [0.05, 0.1) is 0 Å². The van der Waals surface area contributed by atoms with Gasteiger partial charge >= 0.3 is 0 Å². The van der Waals surface area contributed by atoms with Crippen LogP contribution in [0.25, 0.3) is 0 Å². The van der Waals surface area contributed by atoms with Gasteiger partial charge in [-0.05, 0) is 55.3 Å². The number of aliphatic hydroxyl groups excluding tert-OH is 1. The quantitative estimate of drug-likeness (QED) is 0.781. The summed E-state index contributed by atoms with van der Waals surface area (Å²) >= 11 is 6.08. The fourth-order valence-corrected chi connectivity index (χ4v) is 3.61. The number of hydrogen-bond acceptors (Lipinski definition) is 4. The Bertz CT molecular complexity index is 714. The van der Waals surface area contributed by atoms with Crippen molar-refractivity contribution in [1.82, 2.24) is 4.90 Å². The Labute approximate surface area is 173 Å². The van der Waals surface area contributed by atoms with Crippen LogP contribution in [0.5, 0.6) is 5.75 Å². The van der Waals surface area contributed by atoms with E-state index in [0.29, 0.717) is 13.2 Å². The minimum absolute atomic E-state index is 0. The molecule has 1 fully saturated rings. The maximum Gasteiger partial charge on any atom is 0.119 e. The van der Waals surface area contributed by atoms with Gasteiger partial charge in [0.1, 0.15) is 18.5 Å². The number of aliphatic hydroxyl groups is 1. The number of halogens is 2. The molecule has 1 N–H and O–H groups in total. The van der Waals surface area contributed by atoms with E-state index in [1.54, 1.807) is 0 Å². The summed E-state index contributed by atoms with van der Waals surface area (Å²) in [4.78, 5) is 4.62. The van der Waals surface area contributed by atoms with Crippen molar-refractivity contribution in [3.05, 3.63) is 58.6 Å². The summed E-state index contributed by atoms with van der Waals surface area (Å²) in [6.45, 7) is 8.77. The van der Waals surface area contributed by atoms with Gasteiger partial charge in [-0.15, -0.1) is 12.4 Å².